The second-order valence-electron chi connectivity index (χ2n) is 5.24. The summed E-state index contributed by atoms with van der Waals surface area (Å²) in [6.45, 7) is 4.53. The van der Waals surface area contributed by atoms with Crippen LogP contribution in [0.2, 0.25) is 0 Å². The first kappa shape index (κ1) is 12.1. The lowest BCUT2D eigenvalue weighted by atomic mass is 9.70. The molecule has 88 valence electrons. The van der Waals surface area contributed by atoms with Crippen LogP contribution in [0.3, 0.4) is 0 Å². The number of hydrogen-bond donors (Lipinski definition) is 1. The van der Waals surface area contributed by atoms with E-state index in [1.165, 1.54) is 0 Å². The molecule has 2 heteroatoms. The van der Waals surface area contributed by atoms with Crippen LogP contribution in [0, 0.1) is 11.8 Å². The predicted molar refractivity (Wildman–Crippen MR) is 70.2 cm³/mol. The van der Waals surface area contributed by atoms with Crippen LogP contribution in [-0.2, 0) is 5.60 Å². The lowest BCUT2D eigenvalue weighted by Crippen LogP contribution is -2.35. The van der Waals surface area contributed by atoms with Gasteiger partial charge in [-0.15, -0.1) is 0 Å². The Hall–Kier alpha value is -0.340. The number of benzene rings is 1. The molecule has 16 heavy (non-hydrogen) atoms. The highest BCUT2D eigenvalue weighted by atomic mass is 79.9. The van der Waals surface area contributed by atoms with Crippen LogP contribution in [0.4, 0.5) is 0 Å². The maximum absolute atomic E-state index is 10.7. The standard InChI is InChI=1S/C14H19BrO/c1-10-6-7-14(16,9-11(10)2)12-4-3-5-13(15)8-12/h3-5,8,10-11,16H,6-7,9H2,1-2H3. The fraction of sp³-hybridized carbons (Fsp3) is 0.571. The van der Waals surface area contributed by atoms with E-state index in [0.29, 0.717) is 5.92 Å². The molecule has 1 aromatic rings. The number of rotatable bonds is 1. The molecule has 0 spiro atoms. The smallest absolute Gasteiger partial charge is 0.0899 e. The van der Waals surface area contributed by atoms with E-state index >= 15 is 0 Å². The average Bonchev–Trinajstić information content (AvgIpc) is 2.24. The van der Waals surface area contributed by atoms with Crippen LogP contribution in [-0.4, -0.2) is 5.11 Å². The SMILES string of the molecule is CC1CCC(O)(c2cccc(Br)c2)CC1C. The Labute approximate surface area is 106 Å². The van der Waals surface area contributed by atoms with Gasteiger partial charge in [0.25, 0.3) is 0 Å². The molecule has 1 N–H and O–H groups in total. The Kier molecular flexibility index (Phi) is 3.41. The third-order valence-electron chi connectivity index (χ3n) is 4.01. The van der Waals surface area contributed by atoms with E-state index in [0.717, 1.165) is 35.2 Å². The van der Waals surface area contributed by atoms with Crippen molar-refractivity contribution in [2.24, 2.45) is 11.8 Å². The van der Waals surface area contributed by atoms with Crippen molar-refractivity contribution in [1.29, 1.82) is 0 Å². The molecule has 0 aromatic heterocycles. The molecule has 1 nitrogen and oxygen atoms in total. The predicted octanol–water partition coefficient (Wildman–Crippen LogP) is 4.09. The summed E-state index contributed by atoms with van der Waals surface area (Å²) in [5.41, 5.74) is 0.441. The highest BCUT2D eigenvalue weighted by Crippen LogP contribution is 2.42. The minimum atomic E-state index is -0.615. The molecule has 1 aliphatic rings. The normalized spacial score (nSPS) is 35.0. The van der Waals surface area contributed by atoms with Crippen LogP contribution >= 0.6 is 15.9 Å². The quantitative estimate of drug-likeness (QED) is 0.823. The summed E-state index contributed by atoms with van der Waals surface area (Å²) >= 11 is 3.47. The summed E-state index contributed by atoms with van der Waals surface area (Å²) in [5.74, 6) is 1.32. The molecule has 0 radical (unpaired) electrons. The van der Waals surface area contributed by atoms with Crippen LogP contribution < -0.4 is 0 Å². The van der Waals surface area contributed by atoms with Gasteiger partial charge in [0.2, 0.25) is 0 Å². The van der Waals surface area contributed by atoms with Gasteiger partial charge in [-0.25, -0.2) is 0 Å². The Morgan fingerprint density at radius 2 is 2.06 bits per heavy atom. The third-order valence-corrected chi connectivity index (χ3v) is 4.50. The third kappa shape index (κ3) is 2.33. The first-order valence-corrected chi connectivity index (χ1v) is 6.79. The van der Waals surface area contributed by atoms with Gasteiger partial charge in [-0.05, 0) is 48.8 Å². The van der Waals surface area contributed by atoms with Crippen molar-refractivity contribution in [2.75, 3.05) is 0 Å². The minimum Gasteiger partial charge on any atom is -0.385 e. The van der Waals surface area contributed by atoms with Crippen LogP contribution in [0.15, 0.2) is 28.7 Å². The maximum Gasteiger partial charge on any atom is 0.0899 e. The van der Waals surface area contributed by atoms with Gasteiger partial charge in [0, 0.05) is 4.47 Å². The van der Waals surface area contributed by atoms with E-state index in [2.05, 4.69) is 29.8 Å². The van der Waals surface area contributed by atoms with E-state index in [4.69, 9.17) is 0 Å². The van der Waals surface area contributed by atoms with Crippen molar-refractivity contribution in [1.82, 2.24) is 0 Å². The fourth-order valence-corrected chi connectivity index (χ4v) is 3.03. The summed E-state index contributed by atoms with van der Waals surface area (Å²) in [4.78, 5) is 0. The fourth-order valence-electron chi connectivity index (χ4n) is 2.63. The lowest BCUT2D eigenvalue weighted by Gasteiger charge is -2.39. The summed E-state index contributed by atoms with van der Waals surface area (Å²) in [5, 5.41) is 10.7. The zero-order valence-electron chi connectivity index (χ0n) is 9.91. The van der Waals surface area contributed by atoms with Crippen molar-refractivity contribution >= 4 is 15.9 Å². The first-order valence-electron chi connectivity index (χ1n) is 6.00. The van der Waals surface area contributed by atoms with Gasteiger partial charge in [0.15, 0.2) is 0 Å². The summed E-state index contributed by atoms with van der Waals surface area (Å²) < 4.78 is 1.05. The van der Waals surface area contributed by atoms with Gasteiger partial charge < -0.3 is 5.11 Å². The first-order chi connectivity index (χ1) is 7.51. The van der Waals surface area contributed by atoms with Crippen LogP contribution in [0.25, 0.3) is 0 Å². The van der Waals surface area contributed by atoms with E-state index in [-0.39, 0.29) is 0 Å². The van der Waals surface area contributed by atoms with Gasteiger partial charge in [-0.3, -0.25) is 0 Å². The van der Waals surface area contributed by atoms with Gasteiger partial charge in [0.1, 0.15) is 0 Å². The van der Waals surface area contributed by atoms with Crippen molar-refractivity contribution in [3.8, 4) is 0 Å². The Morgan fingerprint density at radius 1 is 1.31 bits per heavy atom. The van der Waals surface area contributed by atoms with Gasteiger partial charge >= 0.3 is 0 Å². The molecule has 1 saturated carbocycles. The van der Waals surface area contributed by atoms with E-state index < -0.39 is 5.60 Å². The van der Waals surface area contributed by atoms with Gasteiger partial charge in [0.05, 0.1) is 5.60 Å². The molecule has 1 aromatic carbocycles. The zero-order chi connectivity index (χ0) is 11.8. The molecular formula is C14H19BrO. The molecule has 0 saturated heterocycles. The van der Waals surface area contributed by atoms with Crippen molar-refractivity contribution in [3.63, 3.8) is 0 Å². The summed E-state index contributed by atoms with van der Waals surface area (Å²) in [6.07, 6.45) is 2.88. The Balaban J connectivity index is 2.26. The molecule has 0 amide bonds. The number of halogens is 1. The topological polar surface area (TPSA) is 20.2 Å². The maximum atomic E-state index is 10.7. The van der Waals surface area contributed by atoms with Crippen molar-refractivity contribution < 1.29 is 5.11 Å². The molecule has 0 aliphatic heterocycles. The van der Waals surface area contributed by atoms with Crippen molar-refractivity contribution in [3.05, 3.63) is 34.3 Å². The zero-order valence-corrected chi connectivity index (χ0v) is 11.5. The van der Waals surface area contributed by atoms with E-state index in [9.17, 15) is 5.11 Å². The largest absolute Gasteiger partial charge is 0.385 e. The highest BCUT2D eigenvalue weighted by Gasteiger charge is 2.37. The molecule has 2 rings (SSSR count). The van der Waals surface area contributed by atoms with Gasteiger partial charge in [-0.2, -0.15) is 0 Å². The van der Waals surface area contributed by atoms with Crippen molar-refractivity contribution in [2.45, 2.75) is 38.7 Å². The van der Waals surface area contributed by atoms with E-state index in [1.807, 2.05) is 24.3 Å². The molecule has 3 unspecified atom stereocenters. The number of hydrogen-bond acceptors (Lipinski definition) is 1. The van der Waals surface area contributed by atoms with Crippen LogP contribution in [0.5, 0.6) is 0 Å². The highest BCUT2D eigenvalue weighted by molar-refractivity contribution is 9.10. The second-order valence-corrected chi connectivity index (χ2v) is 6.15. The van der Waals surface area contributed by atoms with Gasteiger partial charge in [-0.1, -0.05) is 41.9 Å². The molecule has 3 atom stereocenters. The molecule has 1 fully saturated rings. The molecule has 0 heterocycles. The second kappa shape index (κ2) is 4.50. The van der Waals surface area contributed by atoms with Crippen LogP contribution in [0.1, 0.15) is 38.7 Å². The summed E-state index contributed by atoms with van der Waals surface area (Å²) in [6, 6.07) is 8.08. The molecular weight excluding hydrogens is 264 g/mol. The minimum absolute atomic E-state index is 0.595. The monoisotopic (exact) mass is 282 g/mol. The lowest BCUT2D eigenvalue weighted by molar-refractivity contribution is -0.0336. The molecule has 1 aliphatic carbocycles. The number of aliphatic hydroxyl groups is 1. The van der Waals surface area contributed by atoms with E-state index in [1.54, 1.807) is 0 Å². The Morgan fingerprint density at radius 3 is 2.69 bits per heavy atom. The Bertz CT molecular complexity index is 377. The summed E-state index contributed by atoms with van der Waals surface area (Å²) in [7, 11) is 0. The molecule has 0 bridgehead atoms. The average molecular weight is 283 g/mol.